The molecule has 0 aliphatic carbocycles. The van der Waals surface area contributed by atoms with Gasteiger partial charge in [0.05, 0.1) is 19.8 Å². The maximum atomic E-state index is 11.7. The molecule has 0 unspecified atom stereocenters. The molecule has 114 valence electrons. The molecule has 2 amide bonds. The second-order valence-corrected chi connectivity index (χ2v) is 4.33. The van der Waals surface area contributed by atoms with E-state index in [0.717, 1.165) is 0 Å². The quantitative estimate of drug-likeness (QED) is 0.234. The van der Waals surface area contributed by atoms with Crippen LogP contribution in [0, 0.1) is 0 Å². The van der Waals surface area contributed by atoms with Gasteiger partial charge in [-0.3, -0.25) is 18.9 Å². The van der Waals surface area contributed by atoms with Crippen molar-refractivity contribution in [2.24, 2.45) is 5.73 Å². The van der Waals surface area contributed by atoms with Gasteiger partial charge >= 0.3 is 0 Å². The second-order valence-electron chi connectivity index (χ2n) is 3.71. The van der Waals surface area contributed by atoms with Crippen molar-refractivity contribution >= 4 is 25.8 Å². The lowest BCUT2D eigenvalue weighted by atomic mass is 10.2. The molecule has 7 N–H and O–H groups in total. The van der Waals surface area contributed by atoms with Gasteiger partial charge in [0.15, 0.2) is 0 Å². The van der Waals surface area contributed by atoms with Crippen LogP contribution < -0.4 is 16.4 Å². The fourth-order valence-corrected chi connectivity index (χ4v) is 1.35. The van der Waals surface area contributed by atoms with E-state index in [4.69, 9.17) is 21.1 Å². The molecule has 0 spiro atoms. The number of amides is 2. The van der Waals surface area contributed by atoms with Crippen molar-refractivity contribution in [1.29, 1.82) is 0 Å². The summed E-state index contributed by atoms with van der Waals surface area (Å²) in [6, 6.07) is -4.11. The van der Waals surface area contributed by atoms with Gasteiger partial charge in [-0.1, -0.05) is 0 Å². The number of aliphatic hydroxyl groups excluding tert-OH is 3. The van der Waals surface area contributed by atoms with E-state index in [9.17, 15) is 18.9 Å². The SMILES string of the molecule is N[C@@H](CO)C(=O)N[C@@H](CO)C(=O)N[C@@H](CO)C(=O)P=O. The minimum atomic E-state index is -1.43. The predicted molar refractivity (Wildman–Crippen MR) is 65.7 cm³/mol. The molecule has 0 heterocycles. The first kappa shape index (κ1) is 18.6. The molecular weight excluding hydrogens is 293 g/mol. The molecule has 0 saturated heterocycles. The summed E-state index contributed by atoms with van der Waals surface area (Å²) >= 11 is 0. The number of nitrogens with two attached hydrogens (primary N) is 1. The monoisotopic (exact) mass is 309 g/mol. The summed E-state index contributed by atoms with van der Waals surface area (Å²) in [4.78, 5) is 34.1. The molecule has 0 rings (SSSR count). The van der Waals surface area contributed by atoms with Gasteiger partial charge in [0, 0.05) is 0 Å². The van der Waals surface area contributed by atoms with E-state index in [0.29, 0.717) is 0 Å². The molecule has 0 fully saturated rings. The van der Waals surface area contributed by atoms with Gasteiger partial charge in [-0.2, -0.15) is 0 Å². The zero-order valence-electron chi connectivity index (χ0n) is 10.4. The zero-order valence-corrected chi connectivity index (χ0v) is 11.2. The molecule has 0 aliphatic rings. The van der Waals surface area contributed by atoms with E-state index in [1.165, 1.54) is 0 Å². The molecule has 10 nitrogen and oxygen atoms in total. The smallest absolute Gasteiger partial charge is 0.247 e. The van der Waals surface area contributed by atoms with Gasteiger partial charge in [0.2, 0.25) is 25.8 Å². The summed E-state index contributed by atoms with van der Waals surface area (Å²) in [6.45, 7) is -2.24. The summed E-state index contributed by atoms with van der Waals surface area (Å²) in [5, 5.41) is 30.6. The molecule has 0 radical (unpaired) electrons. The summed E-state index contributed by atoms with van der Waals surface area (Å²) in [6.07, 6.45) is 0. The Labute approximate surface area is 115 Å². The first-order valence-corrected chi connectivity index (χ1v) is 6.28. The standard InChI is InChI=1S/C9H16N3O7P/c10-4(1-13)7(16)11-5(2-14)8(17)12-6(3-15)9(18)20-19/h4-6,13-15H,1-3,10H2,(H,11,16)(H,12,17)/t4-,5-,6-/m0/s1. The minimum absolute atomic E-state index is 0.654. The molecule has 0 saturated carbocycles. The Morgan fingerprint density at radius 3 is 1.85 bits per heavy atom. The van der Waals surface area contributed by atoms with Crippen LogP contribution in [0.4, 0.5) is 0 Å². The first-order valence-electron chi connectivity index (χ1n) is 5.47. The van der Waals surface area contributed by atoms with Crippen molar-refractivity contribution < 1.29 is 34.3 Å². The molecular formula is C9H16N3O7P. The Kier molecular flexibility index (Phi) is 8.77. The zero-order chi connectivity index (χ0) is 15.7. The molecule has 20 heavy (non-hydrogen) atoms. The van der Waals surface area contributed by atoms with Crippen LogP contribution >= 0.6 is 8.46 Å². The summed E-state index contributed by atoms with van der Waals surface area (Å²) in [5.41, 5.74) is 4.24. The summed E-state index contributed by atoms with van der Waals surface area (Å²) in [5.74, 6) is -1.85. The van der Waals surface area contributed by atoms with Crippen LogP contribution in [0.2, 0.25) is 0 Å². The third-order valence-electron chi connectivity index (χ3n) is 2.24. The minimum Gasteiger partial charge on any atom is -0.394 e. The summed E-state index contributed by atoms with van der Waals surface area (Å²) in [7, 11) is -0.894. The lowest BCUT2D eigenvalue weighted by Gasteiger charge is -2.20. The Morgan fingerprint density at radius 2 is 1.45 bits per heavy atom. The molecule has 3 atom stereocenters. The van der Waals surface area contributed by atoms with Crippen LogP contribution in [-0.4, -0.2) is 70.6 Å². The highest BCUT2D eigenvalue weighted by atomic mass is 31.1. The topological polar surface area (TPSA) is 179 Å². The first-order chi connectivity index (χ1) is 9.40. The number of carbonyl (C=O) groups is 3. The number of carbonyl (C=O) groups excluding carboxylic acids is 3. The van der Waals surface area contributed by atoms with Crippen molar-refractivity contribution in [2.75, 3.05) is 19.8 Å². The molecule has 0 aromatic carbocycles. The van der Waals surface area contributed by atoms with Gasteiger partial charge in [-0.25, -0.2) is 0 Å². The predicted octanol–water partition coefficient (Wildman–Crippen LogP) is -3.92. The van der Waals surface area contributed by atoms with Crippen molar-refractivity contribution in [3.05, 3.63) is 0 Å². The van der Waals surface area contributed by atoms with E-state index in [-0.39, 0.29) is 0 Å². The van der Waals surface area contributed by atoms with Crippen LogP contribution in [-0.2, 0) is 18.9 Å². The van der Waals surface area contributed by atoms with Crippen LogP contribution in [0.15, 0.2) is 0 Å². The van der Waals surface area contributed by atoms with Gasteiger partial charge in [0.1, 0.15) is 18.1 Å². The van der Waals surface area contributed by atoms with E-state index in [1.54, 1.807) is 0 Å². The van der Waals surface area contributed by atoms with Crippen LogP contribution in [0.25, 0.3) is 0 Å². The van der Waals surface area contributed by atoms with E-state index < -0.39 is 63.7 Å². The van der Waals surface area contributed by atoms with Crippen LogP contribution in [0.1, 0.15) is 0 Å². The number of aliphatic hydroxyl groups is 3. The van der Waals surface area contributed by atoms with Crippen molar-refractivity contribution in [1.82, 2.24) is 10.6 Å². The van der Waals surface area contributed by atoms with E-state index in [1.807, 2.05) is 10.6 Å². The number of rotatable bonds is 9. The Bertz CT molecular complexity index is 379. The maximum Gasteiger partial charge on any atom is 0.247 e. The van der Waals surface area contributed by atoms with Crippen molar-refractivity contribution in [3.8, 4) is 0 Å². The van der Waals surface area contributed by atoms with Crippen molar-refractivity contribution in [2.45, 2.75) is 18.1 Å². The normalized spacial score (nSPS) is 15.2. The average Bonchev–Trinajstić information content (AvgIpc) is 2.47. The van der Waals surface area contributed by atoms with E-state index >= 15 is 0 Å². The van der Waals surface area contributed by atoms with Gasteiger partial charge in [0.25, 0.3) is 0 Å². The lowest BCUT2D eigenvalue weighted by Crippen LogP contribution is -2.56. The second kappa shape index (κ2) is 9.45. The van der Waals surface area contributed by atoms with Gasteiger partial charge in [-0.05, 0) is 0 Å². The molecule has 0 bridgehead atoms. The highest BCUT2D eigenvalue weighted by Crippen LogP contribution is 2.00. The molecule has 0 aliphatic heterocycles. The highest BCUT2D eigenvalue weighted by molar-refractivity contribution is 7.46. The molecule has 0 aromatic rings. The number of nitrogens with one attached hydrogen (secondary N) is 2. The largest absolute Gasteiger partial charge is 0.394 e. The Balaban J connectivity index is 4.65. The molecule has 11 heteroatoms. The Hall–Kier alpha value is -1.45. The van der Waals surface area contributed by atoms with Crippen LogP contribution in [0.5, 0.6) is 0 Å². The third kappa shape index (κ3) is 5.68. The third-order valence-corrected chi connectivity index (χ3v) is 2.73. The summed E-state index contributed by atoms with van der Waals surface area (Å²) < 4.78 is 10.4. The van der Waals surface area contributed by atoms with Crippen LogP contribution in [0.3, 0.4) is 0 Å². The number of hydrogen-bond donors (Lipinski definition) is 6. The highest BCUT2D eigenvalue weighted by Gasteiger charge is 2.27. The van der Waals surface area contributed by atoms with Gasteiger partial charge < -0.3 is 31.7 Å². The fraction of sp³-hybridized carbons (Fsp3) is 0.667. The maximum absolute atomic E-state index is 11.7. The fourth-order valence-electron chi connectivity index (χ4n) is 1.08. The van der Waals surface area contributed by atoms with E-state index in [2.05, 4.69) is 0 Å². The molecule has 0 aromatic heterocycles. The lowest BCUT2D eigenvalue weighted by molar-refractivity contribution is -0.132. The Morgan fingerprint density at radius 1 is 0.950 bits per heavy atom. The van der Waals surface area contributed by atoms with Gasteiger partial charge in [-0.15, -0.1) is 0 Å². The van der Waals surface area contributed by atoms with Crippen molar-refractivity contribution in [3.63, 3.8) is 0 Å². The number of hydrogen-bond acceptors (Lipinski definition) is 8. The average molecular weight is 309 g/mol.